The van der Waals surface area contributed by atoms with Gasteiger partial charge < -0.3 is 14.8 Å². The lowest BCUT2D eigenvalue weighted by atomic mass is 9.95. The minimum atomic E-state index is 0.0867. The van der Waals surface area contributed by atoms with E-state index in [4.69, 9.17) is 9.47 Å². The highest BCUT2D eigenvalue weighted by Gasteiger charge is 2.34. The van der Waals surface area contributed by atoms with Crippen LogP contribution in [0.25, 0.3) is 0 Å². The molecule has 1 fully saturated rings. The number of nitrogens with one attached hydrogen (secondary N) is 1. The molecule has 0 bridgehead atoms. The van der Waals surface area contributed by atoms with E-state index in [-0.39, 0.29) is 12.1 Å². The van der Waals surface area contributed by atoms with Crippen LogP contribution in [0.3, 0.4) is 0 Å². The summed E-state index contributed by atoms with van der Waals surface area (Å²) in [7, 11) is 3.61. The minimum absolute atomic E-state index is 0.0867. The third-order valence-corrected chi connectivity index (χ3v) is 3.40. The number of pyridine rings is 1. The van der Waals surface area contributed by atoms with Gasteiger partial charge >= 0.3 is 0 Å². The highest BCUT2D eigenvalue weighted by atomic mass is 16.5. The molecule has 0 aromatic carbocycles. The minimum Gasteiger partial charge on any atom is -0.495 e. The quantitative estimate of drug-likeness (QED) is 0.865. The van der Waals surface area contributed by atoms with Crippen LogP contribution in [0.2, 0.25) is 0 Å². The number of hydrogen-bond donors (Lipinski definition) is 1. The third kappa shape index (κ3) is 2.42. The van der Waals surface area contributed by atoms with Gasteiger partial charge in [0.1, 0.15) is 11.4 Å². The Balaban J connectivity index is 2.28. The maximum atomic E-state index is 5.81. The molecule has 1 aliphatic heterocycles. The Hall–Kier alpha value is -1.13. The van der Waals surface area contributed by atoms with E-state index in [0.29, 0.717) is 5.92 Å². The van der Waals surface area contributed by atoms with Crippen molar-refractivity contribution >= 4 is 0 Å². The van der Waals surface area contributed by atoms with Crippen molar-refractivity contribution in [3.8, 4) is 5.75 Å². The zero-order chi connectivity index (χ0) is 12.3. The summed E-state index contributed by atoms with van der Waals surface area (Å²) in [6.45, 7) is 3.05. The fourth-order valence-electron chi connectivity index (χ4n) is 2.41. The largest absolute Gasteiger partial charge is 0.495 e. The van der Waals surface area contributed by atoms with Gasteiger partial charge in [-0.25, -0.2) is 0 Å². The van der Waals surface area contributed by atoms with Crippen molar-refractivity contribution in [2.75, 3.05) is 20.8 Å². The van der Waals surface area contributed by atoms with Crippen molar-refractivity contribution in [2.45, 2.75) is 25.5 Å². The molecule has 4 nitrogen and oxygen atoms in total. The smallest absolute Gasteiger partial charge is 0.142 e. The first kappa shape index (κ1) is 12.3. The van der Waals surface area contributed by atoms with E-state index in [0.717, 1.165) is 24.5 Å². The van der Waals surface area contributed by atoms with E-state index in [2.05, 4.69) is 17.2 Å². The van der Waals surface area contributed by atoms with E-state index >= 15 is 0 Å². The highest BCUT2D eigenvalue weighted by Crippen LogP contribution is 2.33. The zero-order valence-electron chi connectivity index (χ0n) is 10.6. The van der Waals surface area contributed by atoms with E-state index in [1.54, 1.807) is 13.3 Å². The summed E-state index contributed by atoms with van der Waals surface area (Å²) in [5.41, 5.74) is 0.927. The van der Waals surface area contributed by atoms with Crippen molar-refractivity contribution in [1.82, 2.24) is 10.3 Å². The topological polar surface area (TPSA) is 43.4 Å². The van der Waals surface area contributed by atoms with Gasteiger partial charge in [-0.1, -0.05) is 6.92 Å². The van der Waals surface area contributed by atoms with Crippen LogP contribution in [0.5, 0.6) is 5.75 Å². The third-order valence-electron chi connectivity index (χ3n) is 3.40. The molecule has 2 heterocycles. The summed E-state index contributed by atoms with van der Waals surface area (Å²) in [4.78, 5) is 4.43. The number of nitrogens with zero attached hydrogens (tertiary/aromatic N) is 1. The summed E-state index contributed by atoms with van der Waals surface area (Å²) in [5, 5.41) is 3.30. The molecule has 3 atom stereocenters. The van der Waals surface area contributed by atoms with Gasteiger partial charge in [-0.3, -0.25) is 4.98 Å². The predicted octanol–water partition coefficient (Wildman–Crippen LogP) is 1.78. The Morgan fingerprint density at radius 3 is 3.00 bits per heavy atom. The first-order chi connectivity index (χ1) is 8.27. The lowest BCUT2D eigenvalue weighted by molar-refractivity contribution is 0.0610. The Labute approximate surface area is 102 Å². The molecule has 1 aromatic rings. The van der Waals surface area contributed by atoms with Crippen LogP contribution in [-0.2, 0) is 4.74 Å². The molecule has 17 heavy (non-hydrogen) atoms. The van der Waals surface area contributed by atoms with Crippen molar-refractivity contribution in [2.24, 2.45) is 5.92 Å². The average Bonchev–Trinajstić information content (AvgIpc) is 2.78. The summed E-state index contributed by atoms with van der Waals surface area (Å²) in [5.74, 6) is 1.36. The number of aromatic nitrogens is 1. The lowest BCUT2D eigenvalue weighted by Gasteiger charge is -2.26. The van der Waals surface area contributed by atoms with Crippen molar-refractivity contribution in [3.05, 3.63) is 24.0 Å². The fraction of sp³-hybridized carbons (Fsp3) is 0.615. The maximum absolute atomic E-state index is 5.81. The van der Waals surface area contributed by atoms with Gasteiger partial charge in [-0.15, -0.1) is 0 Å². The summed E-state index contributed by atoms with van der Waals surface area (Å²) in [6.07, 6.45) is 3.07. The molecular formula is C13H20N2O2. The van der Waals surface area contributed by atoms with E-state index in [1.807, 2.05) is 19.2 Å². The molecule has 0 aliphatic carbocycles. The molecule has 0 saturated carbocycles. The van der Waals surface area contributed by atoms with Crippen LogP contribution in [0, 0.1) is 5.92 Å². The predicted molar refractivity (Wildman–Crippen MR) is 66.1 cm³/mol. The van der Waals surface area contributed by atoms with Gasteiger partial charge in [0.2, 0.25) is 0 Å². The monoisotopic (exact) mass is 236 g/mol. The molecule has 4 heteroatoms. The molecule has 1 aliphatic rings. The van der Waals surface area contributed by atoms with Gasteiger partial charge in [0.05, 0.1) is 19.3 Å². The fourth-order valence-corrected chi connectivity index (χ4v) is 2.41. The molecule has 94 valence electrons. The van der Waals surface area contributed by atoms with Crippen molar-refractivity contribution in [3.63, 3.8) is 0 Å². The molecular weight excluding hydrogens is 216 g/mol. The number of rotatable bonds is 4. The average molecular weight is 236 g/mol. The first-order valence-electron chi connectivity index (χ1n) is 6.05. The van der Waals surface area contributed by atoms with Crippen LogP contribution in [-0.4, -0.2) is 31.9 Å². The van der Waals surface area contributed by atoms with E-state index < -0.39 is 0 Å². The normalized spacial score (nSPS) is 25.8. The molecule has 0 amide bonds. The molecule has 3 unspecified atom stereocenters. The molecule has 2 rings (SSSR count). The second kappa shape index (κ2) is 5.47. The van der Waals surface area contributed by atoms with Crippen LogP contribution >= 0.6 is 0 Å². The highest BCUT2D eigenvalue weighted by molar-refractivity contribution is 5.30. The number of hydrogen-bond acceptors (Lipinski definition) is 4. The van der Waals surface area contributed by atoms with Crippen LogP contribution in [0.4, 0.5) is 0 Å². The molecule has 1 aromatic heterocycles. The summed E-state index contributed by atoms with van der Waals surface area (Å²) >= 11 is 0. The van der Waals surface area contributed by atoms with Crippen molar-refractivity contribution in [1.29, 1.82) is 0 Å². The van der Waals surface area contributed by atoms with Gasteiger partial charge in [0.15, 0.2) is 0 Å². The Kier molecular flexibility index (Phi) is 3.97. The number of likely N-dealkylation sites (N-methyl/N-ethyl adjacent to an activating group) is 1. The standard InChI is InChI=1S/C13H20N2O2/c1-9-6-8-17-13(9)12(14-2)11-10(16-3)5-4-7-15-11/h4-5,7,9,12-14H,6,8H2,1-3H3. The Morgan fingerprint density at radius 1 is 1.59 bits per heavy atom. The van der Waals surface area contributed by atoms with Crippen LogP contribution in [0.15, 0.2) is 18.3 Å². The van der Waals surface area contributed by atoms with Gasteiger partial charge in [-0.2, -0.15) is 0 Å². The van der Waals surface area contributed by atoms with Crippen LogP contribution < -0.4 is 10.1 Å². The van der Waals surface area contributed by atoms with Gasteiger partial charge in [0, 0.05) is 12.8 Å². The number of ether oxygens (including phenoxy) is 2. The lowest BCUT2D eigenvalue weighted by Crippen LogP contribution is -2.33. The van der Waals surface area contributed by atoms with Gasteiger partial charge in [-0.05, 0) is 31.5 Å². The first-order valence-corrected chi connectivity index (χ1v) is 6.05. The SMILES string of the molecule is CNC(c1ncccc1OC)C1OCCC1C. The second-order valence-electron chi connectivity index (χ2n) is 4.46. The second-order valence-corrected chi connectivity index (χ2v) is 4.46. The molecule has 0 radical (unpaired) electrons. The molecule has 0 spiro atoms. The van der Waals surface area contributed by atoms with Crippen LogP contribution in [0.1, 0.15) is 25.1 Å². The summed E-state index contributed by atoms with van der Waals surface area (Å²) in [6, 6.07) is 3.91. The van der Waals surface area contributed by atoms with Crippen molar-refractivity contribution < 1.29 is 9.47 Å². The summed E-state index contributed by atoms with van der Waals surface area (Å²) < 4.78 is 11.2. The van der Waals surface area contributed by atoms with E-state index in [9.17, 15) is 0 Å². The molecule has 1 N–H and O–H groups in total. The Bertz CT molecular complexity index is 370. The number of methoxy groups -OCH3 is 1. The molecule has 1 saturated heterocycles. The van der Waals surface area contributed by atoms with Gasteiger partial charge in [0.25, 0.3) is 0 Å². The maximum Gasteiger partial charge on any atom is 0.142 e. The zero-order valence-corrected chi connectivity index (χ0v) is 10.6. The Morgan fingerprint density at radius 2 is 2.41 bits per heavy atom. The van der Waals surface area contributed by atoms with E-state index in [1.165, 1.54) is 0 Å².